The number of rotatable bonds is 4. The number of hydrogen-bond acceptors (Lipinski definition) is 5. The summed E-state index contributed by atoms with van der Waals surface area (Å²) in [4.78, 5) is 16.5. The van der Waals surface area contributed by atoms with E-state index >= 15 is 0 Å². The van der Waals surface area contributed by atoms with Crippen molar-refractivity contribution < 1.29 is 14.2 Å². The van der Waals surface area contributed by atoms with Gasteiger partial charge in [0, 0.05) is 7.05 Å². The third kappa shape index (κ3) is 2.68. The van der Waals surface area contributed by atoms with Crippen molar-refractivity contribution in [1.29, 1.82) is 0 Å². The molecule has 2 aromatic heterocycles. The number of aromatic nitrogens is 4. The van der Waals surface area contributed by atoms with Crippen molar-refractivity contribution in [1.82, 2.24) is 19.3 Å². The minimum Gasteiger partial charge on any atom is -0.494 e. The highest BCUT2D eigenvalue weighted by molar-refractivity contribution is 5.72. The summed E-state index contributed by atoms with van der Waals surface area (Å²) in [5.41, 5.74) is 0.508. The van der Waals surface area contributed by atoms with E-state index in [-0.39, 0.29) is 17.9 Å². The first-order valence-electron chi connectivity index (χ1n) is 6.90. The molecule has 3 rings (SSSR count). The molecule has 8 heteroatoms. The predicted molar refractivity (Wildman–Crippen MR) is 80.7 cm³/mol. The van der Waals surface area contributed by atoms with E-state index < -0.39 is 11.9 Å². The maximum atomic E-state index is 13.7. The molecule has 0 spiro atoms. The Morgan fingerprint density at radius 1 is 1.43 bits per heavy atom. The second-order valence-corrected chi connectivity index (χ2v) is 5.12. The molecule has 0 radical (unpaired) electrons. The van der Waals surface area contributed by atoms with Crippen LogP contribution in [-0.2, 0) is 13.6 Å². The fourth-order valence-electron chi connectivity index (χ4n) is 2.38. The van der Waals surface area contributed by atoms with Gasteiger partial charge < -0.3 is 9.84 Å². The summed E-state index contributed by atoms with van der Waals surface area (Å²) in [7, 11) is 3.05. The zero-order valence-electron chi connectivity index (χ0n) is 12.6. The lowest BCUT2D eigenvalue weighted by molar-refractivity contribution is 0.154. The Morgan fingerprint density at radius 2 is 2.22 bits per heavy atom. The summed E-state index contributed by atoms with van der Waals surface area (Å²) in [6.07, 6.45) is 1.72. The fraction of sp³-hybridized carbons (Fsp3) is 0.267. The van der Waals surface area contributed by atoms with Crippen LogP contribution in [0.3, 0.4) is 0 Å². The first-order valence-corrected chi connectivity index (χ1v) is 6.90. The van der Waals surface area contributed by atoms with Gasteiger partial charge in [-0.1, -0.05) is 6.07 Å². The van der Waals surface area contributed by atoms with Crippen LogP contribution in [-0.4, -0.2) is 31.5 Å². The average Bonchev–Trinajstić information content (AvgIpc) is 2.92. The molecule has 0 fully saturated rings. The Labute approximate surface area is 130 Å². The van der Waals surface area contributed by atoms with E-state index in [0.29, 0.717) is 16.6 Å². The quantitative estimate of drug-likeness (QED) is 0.776. The third-order valence-corrected chi connectivity index (χ3v) is 3.65. The number of nitrogens with zero attached hydrogens (tertiary/aromatic N) is 4. The maximum absolute atomic E-state index is 13.7. The number of ether oxygens (including phenoxy) is 1. The van der Waals surface area contributed by atoms with Crippen LogP contribution in [0, 0.1) is 5.82 Å². The molecule has 1 unspecified atom stereocenters. The molecular weight excluding hydrogens is 303 g/mol. The molecule has 23 heavy (non-hydrogen) atoms. The zero-order valence-corrected chi connectivity index (χ0v) is 12.6. The van der Waals surface area contributed by atoms with Gasteiger partial charge in [-0.2, -0.15) is 5.10 Å². The van der Waals surface area contributed by atoms with Crippen LogP contribution in [0.15, 0.2) is 35.5 Å². The summed E-state index contributed by atoms with van der Waals surface area (Å²) in [6.45, 7) is -0.0392. The van der Waals surface area contributed by atoms with Crippen LogP contribution >= 0.6 is 0 Å². The third-order valence-electron chi connectivity index (χ3n) is 3.65. The summed E-state index contributed by atoms with van der Waals surface area (Å²) in [5, 5.41) is 14.6. The van der Waals surface area contributed by atoms with Crippen LogP contribution in [0.2, 0.25) is 0 Å². The van der Waals surface area contributed by atoms with Crippen LogP contribution in [0.4, 0.5) is 4.39 Å². The van der Waals surface area contributed by atoms with Crippen LogP contribution < -0.4 is 10.3 Å². The van der Waals surface area contributed by atoms with Crippen molar-refractivity contribution in [3.63, 3.8) is 0 Å². The summed E-state index contributed by atoms with van der Waals surface area (Å²) < 4.78 is 21.3. The molecule has 0 aliphatic heterocycles. The molecule has 0 aliphatic carbocycles. The number of benzene rings is 1. The van der Waals surface area contributed by atoms with Gasteiger partial charge in [0.2, 0.25) is 0 Å². The van der Waals surface area contributed by atoms with E-state index in [2.05, 4.69) is 10.1 Å². The SMILES string of the molecule is COc1ccc(C(O)Cn2cnc3c(cnn3C)c2=O)cc1F. The number of aliphatic hydroxyl groups is 1. The Bertz CT molecular complexity index is 919. The molecule has 1 N–H and O–H groups in total. The van der Waals surface area contributed by atoms with E-state index in [0.717, 1.165) is 0 Å². The van der Waals surface area contributed by atoms with Crippen molar-refractivity contribution >= 4 is 11.0 Å². The molecule has 1 atom stereocenters. The molecule has 7 nitrogen and oxygen atoms in total. The maximum Gasteiger partial charge on any atom is 0.264 e. The molecule has 0 aliphatic rings. The lowest BCUT2D eigenvalue weighted by atomic mass is 10.1. The van der Waals surface area contributed by atoms with Gasteiger partial charge in [-0.25, -0.2) is 9.37 Å². The zero-order chi connectivity index (χ0) is 16.6. The highest BCUT2D eigenvalue weighted by Gasteiger charge is 2.14. The fourth-order valence-corrected chi connectivity index (χ4v) is 2.38. The van der Waals surface area contributed by atoms with Crippen molar-refractivity contribution in [3.8, 4) is 5.75 Å². The minimum atomic E-state index is -1.05. The number of hydrogen-bond donors (Lipinski definition) is 1. The molecule has 2 heterocycles. The van der Waals surface area contributed by atoms with Gasteiger partial charge in [0.05, 0.1) is 26.0 Å². The van der Waals surface area contributed by atoms with E-state index in [9.17, 15) is 14.3 Å². The second-order valence-electron chi connectivity index (χ2n) is 5.12. The second kappa shape index (κ2) is 5.81. The highest BCUT2D eigenvalue weighted by atomic mass is 19.1. The molecule has 0 saturated heterocycles. The Morgan fingerprint density at radius 3 is 2.91 bits per heavy atom. The summed E-state index contributed by atoms with van der Waals surface area (Å²) in [6, 6.07) is 4.16. The van der Waals surface area contributed by atoms with Gasteiger partial charge in [0.25, 0.3) is 5.56 Å². The topological polar surface area (TPSA) is 82.2 Å². The van der Waals surface area contributed by atoms with Crippen LogP contribution in [0.25, 0.3) is 11.0 Å². The van der Waals surface area contributed by atoms with Gasteiger partial charge >= 0.3 is 0 Å². The lowest BCUT2D eigenvalue weighted by Gasteiger charge is -2.13. The van der Waals surface area contributed by atoms with Gasteiger partial charge in [-0.15, -0.1) is 0 Å². The number of methoxy groups -OCH3 is 1. The van der Waals surface area contributed by atoms with Crippen molar-refractivity contribution in [2.75, 3.05) is 7.11 Å². The van der Waals surface area contributed by atoms with Gasteiger partial charge in [-0.05, 0) is 17.7 Å². The Balaban J connectivity index is 1.91. The van der Waals surface area contributed by atoms with Crippen LogP contribution in [0.5, 0.6) is 5.75 Å². The number of aliphatic hydroxyl groups excluding tert-OH is 1. The molecule has 0 bridgehead atoms. The Hall–Kier alpha value is -2.74. The lowest BCUT2D eigenvalue weighted by Crippen LogP contribution is -2.23. The van der Waals surface area contributed by atoms with Crippen molar-refractivity contribution in [2.45, 2.75) is 12.6 Å². The minimum absolute atomic E-state index is 0.0392. The van der Waals surface area contributed by atoms with Gasteiger partial charge in [0.1, 0.15) is 11.7 Å². The largest absolute Gasteiger partial charge is 0.494 e. The first-order chi connectivity index (χ1) is 11.0. The molecular formula is C15H15FN4O3. The number of halogens is 1. The van der Waals surface area contributed by atoms with E-state index in [4.69, 9.17) is 4.74 Å². The molecule has 0 amide bonds. The van der Waals surface area contributed by atoms with Crippen molar-refractivity contribution in [3.05, 3.63) is 52.5 Å². The van der Waals surface area contributed by atoms with Crippen LogP contribution in [0.1, 0.15) is 11.7 Å². The molecule has 0 saturated carbocycles. The molecule has 1 aromatic carbocycles. The van der Waals surface area contributed by atoms with E-state index in [1.165, 1.54) is 41.0 Å². The molecule has 3 aromatic rings. The number of fused-ring (bicyclic) bond motifs is 1. The monoisotopic (exact) mass is 318 g/mol. The standard InChI is InChI=1S/C15H15FN4O3/c1-19-14-10(6-18-19)15(22)20(8-17-14)7-12(21)9-3-4-13(23-2)11(16)5-9/h3-6,8,12,21H,7H2,1-2H3. The van der Waals surface area contributed by atoms with Gasteiger partial charge in [-0.3, -0.25) is 14.0 Å². The smallest absolute Gasteiger partial charge is 0.264 e. The summed E-state index contributed by atoms with van der Waals surface area (Å²) >= 11 is 0. The van der Waals surface area contributed by atoms with E-state index in [1.807, 2.05) is 0 Å². The average molecular weight is 318 g/mol. The predicted octanol–water partition coefficient (Wildman–Crippen LogP) is 1.01. The summed E-state index contributed by atoms with van der Waals surface area (Å²) in [5.74, 6) is -0.478. The highest BCUT2D eigenvalue weighted by Crippen LogP contribution is 2.22. The number of aryl methyl sites for hydroxylation is 1. The van der Waals surface area contributed by atoms with E-state index in [1.54, 1.807) is 13.1 Å². The normalized spacial score (nSPS) is 12.5. The Kier molecular flexibility index (Phi) is 3.83. The van der Waals surface area contributed by atoms with Gasteiger partial charge in [0.15, 0.2) is 17.2 Å². The first kappa shape index (κ1) is 15.2. The molecule has 120 valence electrons. The van der Waals surface area contributed by atoms with Crippen molar-refractivity contribution in [2.24, 2.45) is 7.05 Å².